The molecule has 2 rings (SSSR count). The fourth-order valence-corrected chi connectivity index (χ4v) is 3.56. The number of halogens is 1. The van der Waals surface area contributed by atoms with Crippen LogP contribution in [0.1, 0.15) is 16.0 Å². The Labute approximate surface area is 143 Å². The molecule has 1 aromatic carbocycles. The SMILES string of the molecule is COc1ccc(C)cc1/C=C/C(=O)N(C)Cc1ccc(Br)s1. The number of hydrogen-bond donors (Lipinski definition) is 0. The molecule has 22 heavy (non-hydrogen) atoms. The highest BCUT2D eigenvalue weighted by Gasteiger charge is 2.08. The van der Waals surface area contributed by atoms with Gasteiger partial charge in [0.25, 0.3) is 0 Å². The number of amides is 1. The molecule has 0 aliphatic carbocycles. The number of benzene rings is 1. The van der Waals surface area contributed by atoms with Gasteiger partial charge in [-0.2, -0.15) is 0 Å². The topological polar surface area (TPSA) is 29.5 Å². The standard InChI is InChI=1S/C17H18BrNO2S/c1-12-4-7-15(21-3)13(10-12)5-9-17(20)19(2)11-14-6-8-16(18)22-14/h4-10H,11H2,1-3H3/b9-5+. The van der Waals surface area contributed by atoms with Gasteiger partial charge in [0, 0.05) is 23.6 Å². The quantitative estimate of drug-likeness (QED) is 0.715. The lowest BCUT2D eigenvalue weighted by molar-refractivity contribution is -0.125. The predicted octanol–water partition coefficient (Wildman–Crippen LogP) is 4.50. The number of carbonyl (C=O) groups excluding carboxylic acids is 1. The van der Waals surface area contributed by atoms with Crippen molar-refractivity contribution in [3.05, 3.63) is 56.2 Å². The maximum Gasteiger partial charge on any atom is 0.246 e. The third-order valence-electron chi connectivity index (χ3n) is 3.19. The summed E-state index contributed by atoms with van der Waals surface area (Å²) in [5.41, 5.74) is 2.04. The molecular formula is C17H18BrNO2S. The van der Waals surface area contributed by atoms with E-state index in [9.17, 15) is 4.79 Å². The second-order valence-electron chi connectivity index (χ2n) is 4.98. The molecule has 116 valence electrons. The van der Waals surface area contributed by atoms with Gasteiger partial charge >= 0.3 is 0 Å². The lowest BCUT2D eigenvalue weighted by Gasteiger charge is -2.13. The minimum atomic E-state index is -0.0342. The molecule has 1 aromatic heterocycles. The summed E-state index contributed by atoms with van der Waals surface area (Å²) in [6.45, 7) is 2.61. The van der Waals surface area contributed by atoms with Gasteiger partial charge in [0.15, 0.2) is 0 Å². The van der Waals surface area contributed by atoms with E-state index in [2.05, 4.69) is 15.9 Å². The Hall–Kier alpha value is -1.59. The van der Waals surface area contributed by atoms with Gasteiger partial charge in [-0.15, -0.1) is 11.3 Å². The molecule has 0 aliphatic rings. The molecule has 0 fully saturated rings. The van der Waals surface area contributed by atoms with Gasteiger partial charge in [-0.3, -0.25) is 4.79 Å². The van der Waals surface area contributed by atoms with Gasteiger partial charge in [0.1, 0.15) is 5.75 Å². The molecule has 0 radical (unpaired) electrons. The van der Waals surface area contributed by atoms with E-state index in [0.29, 0.717) is 6.54 Å². The van der Waals surface area contributed by atoms with Crippen LogP contribution in [0, 0.1) is 6.92 Å². The molecule has 0 unspecified atom stereocenters. The molecule has 2 aromatic rings. The highest BCUT2D eigenvalue weighted by atomic mass is 79.9. The van der Waals surface area contributed by atoms with Crippen molar-refractivity contribution < 1.29 is 9.53 Å². The number of aryl methyl sites for hydroxylation is 1. The number of methoxy groups -OCH3 is 1. The van der Waals surface area contributed by atoms with Crippen LogP contribution in [-0.4, -0.2) is 25.0 Å². The van der Waals surface area contributed by atoms with Crippen molar-refractivity contribution in [1.29, 1.82) is 0 Å². The van der Waals surface area contributed by atoms with Crippen molar-refractivity contribution in [3.63, 3.8) is 0 Å². The van der Waals surface area contributed by atoms with E-state index < -0.39 is 0 Å². The molecular weight excluding hydrogens is 362 g/mol. The summed E-state index contributed by atoms with van der Waals surface area (Å²) in [4.78, 5) is 15.0. The first-order valence-electron chi connectivity index (χ1n) is 6.81. The average molecular weight is 380 g/mol. The molecule has 0 atom stereocenters. The Balaban J connectivity index is 2.06. The third kappa shape index (κ3) is 4.45. The maximum atomic E-state index is 12.2. The Morgan fingerprint density at radius 2 is 2.14 bits per heavy atom. The number of carbonyl (C=O) groups is 1. The number of hydrogen-bond acceptors (Lipinski definition) is 3. The smallest absolute Gasteiger partial charge is 0.246 e. The second-order valence-corrected chi connectivity index (χ2v) is 7.53. The first kappa shape index (κ1) is 16.8. The zero-order valence-electron chi connectivity index (χ0n) is 12.8. The Bertz CT molecular complexity index is 694. The third-order valence-corrected chi connectivity index (χ3v) is 4.80. The fraction of sp³-hybridized carbons (Fsp3) is 0.235. The van der Waals surface area contributed by atoms with Gasteiger partial charge < -0.3 is 9.64 Å². The van der Waals surface area contributed by atoms with Crippen LogP contribution in [-0.2, 0) is 11.3 Å². The molecule has 3 nitrogen and oxygen atoms in total. The van der Waals surface area contributed by atoms with E-state index >= 15 is 0 Å². The van der Waals surface area contributed by atoms with E-state index in [4.69, 9.17) is 4.74 Å². The molecule has 0 saturated heterocycles. The fourth-order valence-electron chi connectivity index (χ4n) is 2.02. The Kier molecular flexibility index (Phi) is 5.80. The van der Waals surface area contributed by atoms with E-state index in [1.807, 2.05) is 37.3 Å². The maximum absolute atomic E-state index is 12.2. The minimum absolute atomic E-state index is 0.0342. The lowest BCUT2D eigenvalue weighted by atomic mass is 10.1. The molecule has 5 heteroatoms. The largest absolute Gasteiger partial charge is 0.496 e. The highest BCUT2D eigenvalue weighted by molar-refractivity contribution is 9.11. The van der Waals surface area contributed by atoms with Crippen LogP contribution < -0.4 is 4.74 Å². The summed E-state index contributed by atoms with van der Waals surface area (Å²) < 4.78 is 6.38. The summed E-state index contributed by atoms with van der Waals surface area (Å²) in [6, 6.07) is 9.90. The first-order valence-corrected chi connectivity index (χ1v) is 8.42. The predicted molar refractivity (Wildman–Crippen MR) is 95.3 cm³/mol. The van der Waals surface area contributed by atoms with E-state index in [0.717, 1.165) is 25.5 Å². The molecule has 1 heterocycles. The molecule has 0 N–H and O–H groups in total. The van der Waals surface area contributed by atoms with Crippen LogP contribution in [0.15, 0.2) is 40.2 Å². The summed E-state index contributed by atoms with van der Waals surface area (Å²) in [7, 11) is 3.43. The molecule has 1 amide bonds. The molecule has 0 saturated carbocycles. The van der Waals surface area contributed by atoms with Crippen LogP contribution in [0.3, 0.4) is 0 Å². The van der Waals surface area contributed by atoms with Gasteiger partial charge in [-0.25, -0.2) is 0 Å². The zero-order chi connectivity index (χ0) is 16.1. The summed E-state index contributed by atoms with van der Waals surface area (Å²) in [5.74, 6) is 0.729. The van der Waals surface area contributed by atoms with Crippen LogP contribution >= 0.6 is 27.3 Å². The van der Waals surface area contributed by atoms with Crippen molar-refractivity contribution in [2.75, 3.05) is 14.2 Å². The van der Waals surface area contributed by atoms with Crippen LogP contribution in [0.2, 0.25) is 0 Å². The Morgan fingerprint density at radius 1 is 1.36 bits per heavy atom. The zero-order valence-corrected chi connectivity index (χ0v) is 15.2. The van der Waals surface area contributed by atoms with Crippen molar-refractivity contribution >= 4 is 39.2 Å². The molecule has 0 aliphatic heterocycles. The number of likely N-dealkylation sites (N-methyl/N-ethyl adjacent to an activating group) is 1. The first-order chi connectivity index (χ1) is 10.5. The van der Waals surface area contributed by atoms with Gasteiger partial charge in [0.2, 0.25) is 5.91 Å². The van der Waals surface area contributed by atoms with Crippen molar-refractivity contribution in [2.45, 2.75) is 13.5 Å². The summed E-state index contributed by atoms with van der Waals surface area (Å²) in [6.07, 6.45) is 3.38. The van der Waals surface area contributed by atoms with E-state index in [1.165, 1.54) is 0 Å². The van der Waals surface area contributed by atoms with E-state index in [1.54, 1.807) is 42.5 Å². The number of nitrogens with zero attached hydrogens (tertiary/aromatic N) is 1. The monoisotopic (exact) mass is 379 g/mol. The number of ether oxygens (including phenoxy) is 1. The second kappa shape index (κ2) is 7.61. The molecule has 0 spiro atoms. The van der Waals surface area contributed by atoms with Gasteiger partial charge in [-0.1, -0.05) is 11.6 Å². The summed E-state index contributed by atoms with van der Waals surface area (Å²) >= 11 is 5.06. The minimum Gasteiger partial charge on any atom is -0.496 e. The van der Waals surface area contributed by atoms with Crippen molar-refractivity contribution in [3.8, 4) is 5.75 Å². The van der Waals surface area contributed by atoms with E-state index in [-0.39, 0.29) is 5.91 Å². The normalized spacial score (nSPS) is 10.9. The van der Waals surface area contributed by atoms with Gasteiger partial charge in [0.05, 0.1) is 17.4 Å². The highest BCUT2D eigenvalue weighted by Crippen LogP contribution is 2.23. The number of rotatable bonds is 5. The van der Waals surface area contributed by atoms with Crippen molar-refractivity contribution in [2.24, 2.45) is 0 Å². The average Bonchev–Trinajstić information content (AvgIpc) is 2.90. The van der Waals surface area contributed by atoms with Gasteiger partial charge in [-0.05, 0) is 53.2 Å². The number of thiophene rings is 1. The van der Waals surface area contributed by atoms with Crippen LogP contribution in [0.5, 0.6) is 5.75 Å². The molecule has 0 bridgehead atoms. The lowest BCUT2D eigenvalue weighted by Crippen LogP contribution is -2.23. The van der Waals surface area contributed by atoms with Crippen LogP contribution in [0.25, 0.3) is 6.08 Å². The van der Waals surface area contributed by atoms with Crippen LogP contribution in [0.4, 0.5) is 0 Å². The van der Waals surface area contributed by atoms with Crippen molar-refractivity contribution in [1.82, 2.24) is 4.90 Å². The summed E-state index contributed by atoms with van der Waals surface area (Å²) in [5, 5.41) is 0. The Morgan fingerprint density at radius 3 is 2.77 bits per heavy atom.